The highest BCUT2D eigenvalue weighted by Gasteiger charge is 2.11. The van der Waals surface area contributed by atoms with Gasteiger partial charge in [0.1, 0.15) is 19.3 Å². The zero-order valence-corrected chi connectivity index (χ0v) is 23.5. The number of rotatable bonds is 20. The molecule has 1 atom stereocenters. The Kier molecular flexibility index (Phi) is 30.5. The van der Waals surface area contributed by atoms with Crippen LogP contribution in [0.15, 0.2) is 85.1 Å². The second-order valence-electron chi connectivity index (χ2n) is 7.75. The first kappa shape index (κ1) is 36.2. The summed E-state index contributed by atoms with van der Waals surface area (Å²) < 4.78 is 10.00. The van der Waals surface area contributed by atoms with E-state index in [-0.39, 0.29) is 32.0 Å². The van der Waals surface area contributed by atoms with Gasteiger partial charge < -0.3 is 14.6 Å². The lowest BCUT2D eigenvalue weighted by Crippen LogP contribution is -2.25. The van der Waals surface area contributed by atoms with Gasteiger partial charge in [0.25, 0.3) is 0 Å². The molecule has 1 unspecified atom stereocenters. The van der Waals surface area contributed by atoms with Gasteiger partial charge >= 0.3 is 11.9 Å². The molecule has 0 amide bonds. The van der Waals surface area contributed by atoms with E-state index in [9.17, 15) is 14.7 Å². The van der Waals surface area contributed by atoms with Crippen molar-refractivity contribution in [3.05, 3.63) is 85.1 Å². The van der Waals surface area contributed by atoms with Crippen LogP contribution in [0.5, 0.6) is 0 Å². The SMILES string of the molecule is C/C=C\C/C=C\CCC(=O)OCC(O)COC(=O)C/C=C\C/C=C\C/C=C\C/C=C\C/C=C\CC.CC. The molecule has 5 heteroatoms. The van der Waals surface area contributed by atoms with Gasteiger partial charge in [-0.25, -0.2) is 0 Å². The van der Waals surface area contributed by atoms with Crippen LogP contribution in [0.3, 0.4) is 0 Å². The molecule has 0 bridgehead atoms. The molecule has 0 aliphatic rings. The largest absolute Gasteiger partial charge is 0.463 e. The molecule has 0 spiro atoms. The second kappa shape index (κ2) is 31.1. The third kappa shape index (κ3) is 31.0. The van der Waals surface area contributed by atoms with E-state index in [1.807, 2.05) is 57.2 Å². The number of aliphatic hydroxyl groups excluding tert-OH is 1. The molecule has 0 aliphatic carbocycles. The molecule has 0 fully saturated rings. The second-order valence-corrected chi connectivity index (χ2v) is 7.75. The lowest BCUT2D eigenvalue weighted by molar-refractivity contribution is -0.151. The average Bonchev–Trinajstić information content (AvgIpc) is 2.91. The Morgan fingerprint density at radius 1 is 0.649 bits per heavy atom. The summed E-state index contributed by atoms with van der Waals surface area (Å²) in [5, 5.41) is 9.80. The van der Waals surface area contributed by atoms with Crippen LogP contribution < -0.4 is 0 Å². The Bertz CT molecular complexity index is 738. The fraction of sp³-hybridized carbons (Fsp3) is 0.500. The molecule has 0 aromatic carbocycles. The molecule has 37 heavy (non-hydrogen) atoms. The fourth-order valence-corrected chi connectivity index (χ4v) is 2.62. The molecule has 0 aromatic rings. The van der Waals surface area contributed by atoms with Crippen molar-refractivity contribution in [3.8, 4) is 0 Å². The molecule has 208 valence electrons. The molecule has 0 saturated heterocycles. The number of allylic oxidation sites excluding steroid dienone is 13. The summed E-state index contributed by atoms with van der Waals surface area (Å²) in [6.07, 6.45) is 34.1. The van der Waals surface area contributed by atoms with Crippen LogP contribution in [0.4, 0.5) is 0 Å². The van der Waals surface area contributed by atoms with Crippen molar-refractivity contribution >= 4 is 11.9 Å². The monoisotopic (exact) mass is 514 g/mol. The predicted octanol–water partition coefficient (Wildman–Crippen LogP) is 7.90. The van der Waals surface area contributed by atoms with Crippen molar-refractivity contribution in [1.82, 2.24) is 0 Å². The zero-order chi connectivity index (χ0) is 27.8. The summed E-state index contributed by atoms with van der Waals surface area (Å²) in [7, 11) is 0. The molecular formula is C32H50O5. The van der Waals surface area contributed by atoms with E-state index in [1.54, 1.807) is 6.08 Å². The van der Waals surface area contributed by atoms with Crippen molar-refractivity contribution < 1.29 is 24.2 Å². The highest BCUT2D eigenvalue weighted by molar-refractivity contribution is 5.71. The smallest absolute Gasteiger partial charge is 0.309 e. The lowest BCUT2D eigenvalue weighted by Gasteiger charge is -2.11. The van der Waals surface area contributed by atoms with Crippen molar-refractivity contribution in [2.75, 3.05) is 13.2 Å². The summed E-state index contributed by atoms with van der Waals surface area (Å²) in [6, 6.07) is 0. The van der Waals surface area contributed by atoms with Crippen LogP contribution >= 0.6 is 0 Å². The Balaban J connectivity index is 0. The number of carbonyl (C=O) groups excluding carboxylic acids is 2. The van der Waals surface area contributed by atoms with Crippen molar-refractivity contribution in [1.29, 1.82) is 0 Å². The quantitative estimate of drug-likeness (QED) is 0.132. The third-order valence-electron chi connectivity index (χ3n) is 4.51. The average molecular weight is 515 g/mol. The number of carbonyl (C=O) groups is 2. The highest BCUT2D eigenvalue weighted by Crippen LogP contribution is 2.00. The maximum atomic E-state index is 11.7. The van der Waals surface area contributed by atoms with Gasteiger partial charge in [0.15, 0.2) is 0 Å². The highest BCUT2D eigenvalue weighted by atomic mass is 16.6. The minimum atomic E-state index is -1.03. The molecule has 0 heterocycles. The maximum Gasteiger partial charge on any atom is 0.309 e. The van der Waals surface area contributed by atoms with Crippen LogP contribution in [0.25, 0.3) is 0 Å². The van der Waals surface area contributed by atoms with E-state index in [0.717, 1.165) is 38.5 Å². The number of ether oxygens (including phenoxy) is 2. The minimum absolute atomic E-state index is 0.138. The zero-order valence-electron chi connectivity index (χ0n) is 23.5. The number of hydrogen-bond donors (Lipinski definition) is 1. The molecule has 0 saturated carbocycles. The predicted molar refractivity (Wildman–Crippen MR) is 156 cm³/mol. The molecule has 5 nitrogen and oxygen atoms in total. The van der Waals surface area contributed by atoms with Crippen LogP contribution in [0.1, 0.15) is 85.5 Å². The Morgan fingerprint density at radius 2 is 1.08 bits per heavy atom. The van der Waals surface area contributed by atoms with Gasteiger partial charge in [-0.1, -0.05) is 106 Å². The molecule has 0 radical (unpaired) electrons. The van der Waals surface area contributed by atoms with Gasteiger partial charge in [0.2, 0.25) is 0 Å². The molecule has 0 aromatic heterocycles. The van der Waals surface area contributed by atoms with Gasteiger partial charge in [0.05, 0.1) is 6.42 Å². The summed E-state index contributed by atoms with van der Waals surface area (Å²) in [5.74, 6) is -0.812. The van der Waals surface area contributed by atoms with E-state index in [0.29, 0.717) is 6.42 Å². The Hall–Kier alpha value is -2.92. The van der Waals surface area contributed by atoms with Crippen LogP contribution in [0, 0.1) is 0 Å². The van der Waals surface area contributed by atoms with Crippen LogP contribution in [-0.2, 0) is 19.1 Å². The van der Waals surface area contributed by atoms with Crippen molar-refractivity contribution in [2.24, 2.45) is 0 Å². The van der Waals surface area contributed by atoms with Gasteiger partial charge in [-0.3, -0.25) is 9.59 Å². The van der Waals surface area contributed by atoms with E-state index in [2.05, 4.69) is 49.5 Å². The van der Waals surface area contributed by atoms with Gasteiger partial charge in [-0.15, -0.1) is 0 Å². The normalized spacial score (nSPS) is 13.0. The molecule has 0 aliphatic heterocycles. The van der Waals surface area contributed by atoms with Gasteiger partial charge in [0, 0.05) is 6.42 Å². The first-order chi connectivity index (χ1) is 18.1. The number of esters is 2. The maximum absolute atomic E-state index is 11.7. The fourth-order valence-electron chi connectivity index (χ4n) is 2.62. The number of aliphatic hydroxyl groups is 1. The number of hydrogen-bond acceptors (Lipinski definition) is 5. The first-order valence-corrected chi connectivity index (χ1v) is 13.6. The topological polar surface area (TPSA) is 72.8 Å². The van der Waals surface area contributed by atoms with Gasteiger partial charge in [-0.05, 0) is 51.9 Å². The van der Waals surface area contributed by atoms with Crippen molar-refractivity contribution in [3.63, 3.8) is 0 Å². The lowest BCUT2D eigenvalue weighted by atomic mass is 10.2. The van der Waals surface area contributed by atoms with Crippen molar-refractivity contribution in [2.45, 2.75) is 91.6 Å². The van der Waals surface area contributed by atoms with E-state index >= 15 is 0 Å². The van der Waals surface area contributed by atoms with Crippen LogP contribution in [-0.4, -0.2) is 36.4 Å². The first-order valence-electron chi connectivity index (χ1n) is 13.6. The molecular weight excluding hydrogens is 464 g/mol. The van der Waals surface area contributed by atoms with E-state index in [4.69, 9.17) is 9.47 Å². The summed E-state index contributed by atoms with van der Waals surface area (Å²) in [5.41, 5.74) is 0. The van der Waals surface area contributed by atoms with E-state index in [1.165, 1.54) is 0 Å². The summed E-state index contributed by atoms with van der Waals surface area (Å²) in [6.45, 7) is 7.71. The molecule has 0 rings (SSSR count). The standard InChI is InChI=1S/C30H44O5.C2H6/c1-3-5-7-9-11-12-13-14-15-16-17-18-19-21-23-25-30(33)35-27-28(31)26-34-29(32)24-22-20-10-8-6-4-2;1-2/h4-7,10-12,14-15,17-18,20-21,23,28,31H,3,8-9,13,16,19,22,24-27H2,1-2H3;1-2H3/b6-4-,7-5-,12-11-,15-14-,18-17-,20-10-,23-21-;. The van der Waals surface area contributed by atoms with Gasteiger partial charge in [-0.2, -0.15) is 0 Å². The Labute approximate surface area is 226 Å². The summed E-state index contributed by atoms with van der Waals surface area (Å²) in [4.78, 5) is 23.4. The molecule has 1 N–H and O–H groups in total. The minimum Gasteiger partial charge on any atom is -0.463 e. The van der Waals surface area contributed by atoms with Crippen LogP contribution in [0.2, 0.25) is 0 Å². The summed E-state index contributed by atoms with van der Waals surface area (Å²) >= 11 is 0. The third-order valence-corrected chi connectivity index (χ3v) is 4.51. The van der Waals surface area contributed by atoms with E-state index < -0.39 is 12.1 Å². The Morgan fingerprint density at radius 3 is 1.59 bits per heavy atom.